The number of ether oxygens (including phenoxy) is 1. The molecular weight excluding hydrogens is 218 g/mol. The van der Waals surface area contributed by atoms with Gasteiger partial charge >= 0.3 is 5.97 Å². The van der Waals surface area contributed by atoms with Gasteiger partial charge in [-0.3, -0.25) is 9.59 Å². The zero-order valence-corrected chi connectivity index (χ0v) is 10.0. The van der Waals surface area contributed by atoms with Crippen molar-refractivity contribution in [3.63, 3.8) is 0 Å². The molecule has 0 radical (unpaired) electrons. The summed E-state index contributed by atoms with van der Waals surface area (Å²) < 4.78 is 5.17. The largest absolute Gasteiger partial charge is 0.426 e. The lowest BCUT2D eigenvalue weighted by molar-refractivity contribution is -0.132. The van der Waals surface area contributed by atoms with E-state index < -0.39 is 0 Å². The minimum Gasteiger partial charge on any atom is -0.426 e. The smallest absolute Gasteiger partial charge is 0.308 e. The van der Waals surface area contributed by atoms with E-state index in [0.717, 1.165) is 17.5 Å². The van der Waals surface area contributed by atoms with Crippen LogP contribution in [-0.2, 0) is 22.6 Å². The van der Waals surface area contributed by atoms with Crippen molar-refractivity contribution in [1.82, 2.24) is 4.90 Å². The van der Waals surface area contributed by atoms with E-state index in [0.29, 0.717) is 18.8 Å². The molecule has 0 aromatic heterocycles. The molecule has 4 heteroatoms. The number of rotatable bonds is 1. The molecule has 90 valence electrons. The molecular formula is C13H15NO3. The van der Waals surface area contributed by atoms with Gasteiger partial charge in [0.05, 0.1) is 0 Å². The quantitative estimate of drug-likeness (QED) is 0.545. The highest BCUT2D eigenvalue weighted by Gasteiger charge is 2.21. The highest BCUT2D eigenvalue weighted by molar-refractivity contribution is 5.74. The molecule has 0 atom stereocenters. The maximum absolute atomic E-state index is 11.3. The summed E-state index contributed by atoms with van der Waals surface area (Å²) in [5.41, 5.74) is 2.10. The Balaban J connectivity index is 2.29. The first-order valence-corrected chi connectivity index (χ1v) is 5.62. The molecule has 0 bridgehead atoms. The van der Waals surface area contributed by atoms with Gasteiger partial charge in [0.2, 0.25) is 5.91 Å². The zero-order chi connectivity index (χ0) is 12.4. The monoisotopic (exact) mass is 233 g/mol. The van der Waals surface area contributed by atoms with Crippen molar-refractivity contribution in [1.29, 1.82) is 0 Å². The summed E-state index contributed by atoms with van der Waals surface area (Å²) in [5.74, 6) is 0.388. The first-order valence-electron chi connectivity index (χ1n) is 5.62. The van der Waals surface area contributed by atoms with Crippen LogP contribution in [0.25, 0.3) is 0 Å². The summed E-state index contributed by atoms with van der Waals surface area (Å²) in [6.45, 7) is 4.24. The van der Waals surface area contributed by atoms with Gasteiger partial charge in [-0.2, -0.15) is 0 Å². The minimum absolute atomic E-state index is 0.0774. The Morgan fingerprint density at radius 3 is 2.71 bits per heavy atom. The maximum Gasteiger partial charge on any atom is 0.308 e. The molecule has 1 aromatic rings. The maximum atomic E-state index is 11.3. The average Bonchev–Trinajstić information content (AvgIpc) is 2.28. The number of hydrogen-bond donors (Lipinski definition) is 0. The number of carbonyl (C=O) groups excluding carboxylic acids is 2. The van der Waals surface area contributed by atoms with Crippen molar-refractivity contribution < 1.29 is 14.3 Å². The van der Waals surface area contributed by atoms with E-state index in [9.17, 15) is 9.59 Å². The molecule has 4 nitrogen and oxygen atoms in total. The fourth-order valence-electron chi connectivity index (χ4n) is 2.09. The summed E-state index contributed by atoms with van der Waals surface area (Å²) in [6, 6.07) is 5.61. The number of nitrogens with zero attached hydrogens (tertiary/aromatic N) is 1. The standard InChI is InChI=1S/C13H15NO3/c1-9(15)14-7-6-12-11(8-14)4-3-5-13(12)17-10(2)16/h3-5H,6-8H2,1-2H3. The molecule has 1 aromatic carbocycles. The van der Waals surface area contributed by atoms with Crippen LogP contribution in [0.3, 0.4) is 0 Å². The molecule has 1 aliphatic heterocycles. The van der Waals surface area contributed by atoms with Gasteiger partial charge in [-0.05, 0) is 18.1 Å². The van der Waals surface area contributed by atoms with Gasteiger partial charge in [-0.25, -0.2) is 0 Å². The van der Waals surface area contributed by atoms with Crippen LogP contribution in [-0.4, -0.2) is 23.3 Å². The van der Waals surface area contributed by atoms with E-state index in [4.69, 9.17) is 4.74 Å². The van der Waals surface area contributed by atoms with Gasteiger partial charge in [0.1, 0.15) is 5.75 Å². The molecule has 0 aliphatic carbocycles. The number of esters is 1. The molecule has 0 saturated carbocycles. The SMILES string of the molecule is CC(=O)Oc1cccc2c1CCN(C(C)=O)C2. The zero-order valence-electron chi connectivity index (χ0n) is 10.0. The lowest BCUT2D eigenvalue weighted by atomic mass is 9.98. The molecule has 2 rings (SSSR count). The van der Waals surface area contributed by atoms with Gasteiger partial charge < -0.3 is 9.64 Å². The third kappa shape index (κ3) is 2.46. The van der Waals surface area contributed by atoms with Crippen molar-refractivity contribution in [2.24, 2.45) is 0 Å². The van der Waals surface area contributed by atoms with Gasteiger partial charge in [0, 0.05) is 32.5 Å². The summed E-state index contributed by atoms with van der Waals surface area (Å²) >= 11 is 0. The Morgan fingerprint density at radius 1 is 1.29 bits per heavy atom. The highest BCUT2D eigenvalue weighted by Crippen LogP contribution is 2.28. The molecule has 17 heavy (non-hydrogen) atoms. The number of amides is 1. The Morgan fingerprint density at radius 2 is 2.06 bits per heavy atom. The Hall–Kier alpha value is -1.84. The van der Waals surface area contributed by atoms with Crippen LogP contribution in [0.2, 0.25) is 0 Å². The van der Waals surface area contributed by atoms with E-state index in [1.165, 1.54) is 6.92 Å². The first-order chi connectivity index (χ1) is 8.08. The number of carbonyl (C=O) groups is 2. The number of benzene rings is 1. The molecule has 0 spiro atoms. The molecule has 1 aliphatic rings. The van der Waals surface area contributed by atoms with Crippen LogP contribution in [0.15, 0.2) is 18.2 Å². The van der Waals surface area contributed by atoms with Crippen LogP contribution in [0.4, 0.5) is 0 Å². The van der Waals surface area contributed by atoms with Gasteiger partial charge in [0.15, 0.2) is 0 Å². The third-order valence-electron chi connectivity index (χ3n) is 2.92. The summed E-state index contributed by atoms with van der Waals surface area (Å²) in [6.07, 6.45) is 0.734. The second kappa shape index (κ2) is 4.57. The summed E-state index contributed by atoms with van der Waals surface area (Å²) in [4.78, 5) is 24.1. The fraction of sp³-hybridized carbons (Fsp3) is 0.385. The van der Waals surface area contributed by atoms with Crippen LogP contribution >= 0.6 is 0 Å². The lowest BCUT2D eigenvalue weighted by Crippen LogP contribution is -2.34. The molecule has 0 fully saturated rings. The summed E-state index contributed by atoms with van der Waals surface area (Å²) in [5, 5.41) is 0. The molecule has 0 unspecified atom stereocenters. The minimum atomic E-state index is -0.313. The van der Waals surface area contributed by atoms with Gasteiger partial charge in [0.25, 0.3) is 0 Å². The Labute approximate surface area is 100 Å². The number of fused-ring (bicyclic) bond motifs is 1. The Bertz CT molecular complexity index is 468. The molecule has 0 N–H and O–H groups in total. The van der Waals surface area contributed by atoms with Crippen molar-refractivity contribution in [2.45, 2.75) is 26.8 Å². The van der Waals surface area contributed by atoms with E-state index in [-0.39, 0.29) is 11.9 Å². The fourth-order valence-corrected chi connectivity index (χ4v) is 2.09. The highest BCUT2D eigenvalue weighted by atomic mass is 16.5. The van der Waals surface area contributed by atoms with E-state index in [1.807, 2.05) is 12.1 Å². The van der Waals surface area contributed by atoms with E-state index in [1.54, 1.807) is 17.9 Å². The summed E-state index contributed by atoms with van der Waals surface area (Å²) in [7, 11) is 0. The van der Waals surface area contributed by atoms with Crippen molar-refractivity contribution in [3.05, 3.63) is 29.3 Å². The predicted molar refractivity (Wildman–Crippen MR) is 62.5 cm³/mol. The topological polar surface area (TPSA) is 46.6 Å². The number of hydrogen-bond acceptors (Lipinski definition) is 3. The molecule has 1 amide bonds. The molecule has 1 heterocycles. The van der Waals surface area contributed by atoms with Crippen LogP contribution < -0.4 is 4.74 Å². The van der Waals surface area contributed by atoms with Gasteiger partial charge in [-0.1, -0.05) is 12.1 Å². The first kappa shape index (κ1) is 11.6. The predicted octanol–water partition coefficient (Wildman–Crippen LogP) is 1.52. The van der Waals surface area contributed by atoms with Crippen molar-refractivity contribution in [3.8, 4) is 5.75 Å². The third-order valence-corrected chi connectivity index (χ3v) is 2.92. The van der Waals surface area contributed by atoms with Gasteiger partial charge in [-0.15, -0.1) is 0 Å². The average molecular weight is 233 g/mol. The van der Waals surface area contributed by atoms with E-state index in [2.05, 4.69) is 0 Å². The van der Waals surface area contributed by atoms with Crippen molar-refractivity contribution in [2.75, 3.05) is 6.54 Å². The van der Waals surface area contributed by atoms with Crippen LogP contribution in [0.1, 0.15) is 25.0 Å². The van der Waals surface area contributed by atoms with Crippen LogP contribution in [0.5, 0.6) is 5.75 Å². The normalized spacial score (nSPS) is 14.1. The van der Waals surface area contributed by atoms with Crippen molar-refractivity contribution >= 4 is 11.9 Å². The Kier molecular flexibility index (Phi) is 3.13. The lowest BCUT2D eigenvalue weighted by Gasteiger charge is -2.28. The van der Waals surface area contributed by atoms with E-state index >= 15 is 0 Å². The second-order valence-corrected chi connectivity index (χ2v) is 4.18. The molecule has 0 saturated heterocycles. The second-order valence-electron chi connectivity index (χ2n) is 4.18. The van der Waals surface area contributed by atoms with Crippen LogP contribution in [0, 0.1) is 0 Å².